The third-order valence-corrected chi connectivity index (χ3v) is 7.12. The van der Waals surface area contributed by atoms with E-state index in [9.17, 15) is 19.8 Å². The van der Waals surface area contributed by atoms with Crippen molar-refractivity contribution in [2.45, 2.75) is 77.2 Å². The first-order valence-electron chi connectivity index (χ1n) is 12.2. The number of rotatable bonds is 14. The van der Waals surface area contributed by atoms with Crippen molar-refractivity contribution in [1.82, 2.24) is 0 Å². The Morgan fingerprint density at radius 1 is 1.11 bits per heavy atom. The van der Waals surface area contributed by atoms with Crippen molar-refractivity contribution in [2.24, 2.45) is 5.92 Å². The van der Waals surface area contributed by atoms with Gasteiger partial charge in [0.15, 0.2) is 5.78 Å². The van der Waals surface area contributed by atoms with Crippen molar-refractivity contribution >= 4 is 23.5 Å². The summed E-state index contributed by atoms with van der Waals surface area (Å²) in [7, 11) is 0. The van der Waals surface area contributed by atoms with Crippen LogP contribution < -0.4 is 4.74 Å². The number of aromatic hydroxyl groups is 1. The highest BCUT2D eigenvalue weighted by atomic mass is 32.2. The molecule has 0 amide bonds. The molecule has 0 saturated heterocycles. The van der Waals surface area contributed by atoms with Crippen molar-refractivity contribution in [3.05, 3.63) is 52.6 Å². The Labute approximate surface area is 212 Å². The predicted octanol–water partition coefficient (Wildman–Crippen LogP) is 6.38. The van der Waals surface area contributed by atoms with Gasteiger partial charge in [-0.1, -0.05) is 46.2 Å². The summed E-state index contributed by atoms with van der Waals surface area (Å²) in [4.78, 5) is 23.9. The predicted molar refractivity (Wildman–Crippen MR) is 140 cm³/mol. The Balaban J connectivity index is 2.00. The lowest BCUT2D eigenvalue weighted by Crippen LogP contribution is -2.14. The Morgan fingerprint density at radius 2 is 1.83 bits per heavy atom. The number of carboxylic acid groups (broad SMARTS) is 1. The SMILES string of the molecule is CCCc1cc(C(O)C(C)CC(=O)O)ccc1SCCCOc1ccc(C(C)=O)c(O)c1C(C)C. The number of carboxylic acids is 1. The molecule has 0 aromatic heterocycles. The summed E-state index contributed by atoms with van der Waals surface area (Å²) in [6.07, 6.45) is 1.76. The molecule has 2 unspecified atom stereocenters. The maximum Gasteiger partial charge on any atom is 0.303 e. The van der Waals surface area contributed by atoms with Gasteiger partial charge < -0.3 is 20.1 Å². The molecule has 0 aliphatic rings. The lowest BCUT2D eigenvalue weighted by Gasteiger charge is -2.20. The molecule has 0 fully saturated rings. The molecule has 2 rings (SSSR count). The van der Waals surface area contributed by atoms with Crippen LogP contribution in [0.4, 0.5) is 0 Å². The fourth-order valence-electron chi connectivity index (χ4n) is 4.09. The zero-order chi connectivity index (χ0) is 26.1. The van der Waals surface area contributed by atoms with E-state index < -0.39 is 12.1 Å². The zero-order valence-electron chi connectivity index (χ0n) is 21.3. The summed E-state index contributed by atoms with van der Waals surface area (Å²) in [5.41, 5.74) is 2.88. The second kappa shape index (κ2) is 13.5. The van der Waals surface area contributed by atoms with Gasteiger partial charge in [-0.2, -0.15) is 0 Å². The number of aliphatic hydroxyl groups excluding tert-OH is 1. The Kier molecular flexibility index (Phi) is 11.1. The fraction of sp³-hybridized carbons (Fsp3) is 0.500. The van der Waals surface area contributed by atoms with Crippen LogP contribution in [0.2, 0.25) is 0 Å². The molecule has 2 aromatic carbocycles. The molecule has 2 atom stereocenters. The molecule has 192 valence electrons. The van der Waals surface area contributed by atoms with Crippen LogP contribution >= 0.6 is 11.8 Å². The highest BCUT2D eigenvalue weighted by Gasteiger charge is 2.21. The van der Waals surface area contributed by atoms with Gasteiger partial charge >= 0.3 is 5.97 Å². The minimum Gasteiger partial charge on any atom is -0.507 e. The Morgan fingerprint density at radius 3 is 2.43 bits per heavy atom. The number of carbonyl (C=O) groups excluding carboxylic acids is 1. The van der Waals surface area contributed by atoms with E-state index in [4.69, 9.17) is 9.84 Å². The summed E-state index contributed by atoms with van der Waals surface area (Å²) >= 11 is 1.73. The third kappa shape index (κ3) is 8.00. The topological polar surface area (TPSA) is 104 Å². The van der Waals surface area contributed by atoms with E-state index >= 15 is 0 Å². The second-order valence-electron chi connectivity index (χ2n) is 9.27. The number of aryl methyl sites for hydroxylation is 1. The van der Waals surface area contributed by atoms with Gasteiger partial charge in [0.25, 0.3) is 0 Å². The highest BCUT2D eigenvalue weighted by Crippen LogP contribution is 2.37. The quantitative estimate of drug-likeness (QED) is 0.156. The summed E-state index contributed by atoms with van der Waals surface area (Å²) in [6.45, 7) is 9.70. The van der Waals surface area contributed by atoms with Crippen molar-refractivity contribution in [1.29, 1.82) is 0 Å². The van der Waals surface area contributed by atoms with E-state index in [2.05, 4.69) is 6.92 Å². The number of phenols is 1. The minimum atomic E-state index is -0.912. The number of ether oxygens (including phenoxy) is 1. The van der Waals surface area contributed by atoms with E-state index in [1.165, 1.54) is 6.92 Å². The molecule has 0 heterocycles. The normalized spacial score (nSPS) is 13.0. The van der Waals surface area contributed by atoms with Crippen molar-refractivity contribution in [3.8, 4) is 11.5 Å². The molecule has 2 aromatic rings. The van der Waals surface area contributed by atoms with Gasteiger partial charge in [-0.15, -0.1) is 11.8 Å². The van der Waals surface area contributed by atoms with E-state index in [0.717, 1.165) is 41.0 Å². The fourth-order valence-corrected chi connectivity index (χ4v) is 5.08. The van der Waals surface area contributed by atoms with Crippen LogP contribution in [-0.2, 0) is 11.2 Å². The molecule has 7 heteroatoms. The van der Waals surface area contributed by atoms with Crippen LogP contribution in [-0.4, -0.2) is 39.4 Å². The van der Waals surface area contributed by atoms with Gasteiger partial charge in [-0.25, -0.2) is 0 Å². The number of hydrogen-bond acceptors (Lipinski definition) is 6. The number of aliphatic hydroxyl groups is 1. The number of aliphatic carboxylic acids is 1. The molecular weight excluding hydrogens is 464 g/mol. The maximum atomic E-state index is 11.8. The molecule has 35 heavy (non-hydrogen) atoms. The van der Waals surface area contributed by atoms with Crippen molar-refractivity contribution < 1.29 is 29.6 Å². The van der Waals surface area contributed by atoms with Crippen LogP contribution in [0.1, 0.15) is 93.0 Å². The summed E-state index contributed by atoms with van der Waals surface area (Å²) in [5.74, 6) is 0.00861. The minimum absolute atomic E-state index is 0.00327. The van der Waals surface area contributed by atoms with Gasteiger partial charge in [0, 0.05) is 16.2 Å². The van der Waals surface area contributed by atoms with Gasteiger partial charge in [-0.05, 0) is 60.9 Å². The second-order valence-corrected chi connectivity index (χ2v) is 10.4. The lowest BCUT2D eigenvalue weighted by atomic mass is 9.93. The first-order chi connectivity index (χ1) is 16.6. The van der Waals surface area contributed by atoms with Gasteiger partial charge in [0.2, 0.25) is 0 Å². The number of carbonyl (C=O) groups is 2. The third-order valence-electron chi connectivity index (χ3n) is 5.92. The van der Waals surface area contributed by atoms with Gasteiger partial charge in [0.1, 0.15) is 11.5 Å². The van der Waals surface area contributed by atoms with Crippen LogP contribution in [0.3, 0.4) is 0 Å². The van der Waals surface area contributed by atoms with E-state index in [0.29, 0.717) is 23.5 Å². The zero-order valence-corrected chi connectivity index (χ0v) is 22.2. The lowest BCUT2D eigenvalue weighted by molar-refractivity contribution is -0.139. The van der Waals surface area contributed by atoms with E-state index in [-0.39, 0.29) is 29.8 Å². The number of hydrogen-bond donors (Lipinski definition) is 3. The van der Waals surface area contributed by atoms with Crippen LogP contribution in [0.5, 0.6) is 11.5 Å². The monoisotopic (exact) mass is 502 g/mol. The number of benzene rings is 2. The smallest absolute Gasteiger partial charge is 0.303 e. The van der Waals surface area contributed by atoms with Crippen molar-refractivity contribution in [2.75, 3.05) is 12.4 Å². The number of phenolic OH excluding ortho intramolecular Hbond substituents is 1. The van der Waals surface area contributed by atoms with Crippen LogP contribution in [0.15, 0.2) is 35.2 Å². The number of thioether (sulfide) groups is 1. The molecule has 0 saturated carbocycles. The highest BCUT2D eigenvalue weighted by molar-refractivity contribution is 7.99. The Hall–Kier alpha value is -2.51. The van der Waals surface area contributed by atoms with E-state index in [1.54, 1.807) is 30.8 Å². The van der Waals surface area contributed by atoms with Crippen LogP contribution in [0.25, 0.3) is 0 Å². The first kappa shape index (κ1) is 28.7. The standard InChI is InChI=1S/C28H38O6S/c1-6-8-20-16-21(27(32)18(4)15-25(30)31)9-12-24(20)35-14-7-13-34-23-11-10-22(19(5)29)28(33)26(23)17(2)3/h9-12,16-18,27,32-33H,6-8,13-15H2,1-5H3,(H,30,31). The van der Waals surface area contributed by atoms with E-state index in [1.807, 2.05) is 32.0 Å². The first-order valence-corrected chi connectivity index (χ1v) is 13.2. The average molecular weight is 503 g/mol. The molecule has 0 spiro atoms. The summed E-state index contributed by atoms with van der Waals surface area (Å²) in [6, 6.07) is 9.26. The molecule has 0 radical (unpaired) electrons. The van der Waals surface area contributed by atoms with Gasteiger partial charge in [-0.3, -0.25) is 9.59 Å². The van der Waals surface area contributed by atoms with Crippen LogP contribution in [0, 0.1) is 5.92 Å². The van der Waals surface area contributed by atoms with Gasteiger partial charge in [0.05, 0.1) is 24.7 Å². The Bertz CT molecular complexity index is 1020. The largest absolute Gasteiger partial charge is 0.507 e. The molecule has 3 N–H and O–H groups in total. The summed E-state index contributed by atoms with van der Waals surface area (Å²) in [5, 5.41) is 30.1. The molecule has 6 nitrogen and oxygen atoms in total. The molecule has 0 bridgehead atoms. The average Bonchev–Trinajstić information content (AvgIpc) is 2.78. The molecule has 0 aliphatic carbocycles. The molecule has 0 aliphatic heterocycles. The maximum absolute atomic E-state index is 11.8. The number of Topliss-reactive ketones (excluding diaryl/α,β-unsaturated/α-hetero) is 1. The number of ketones is 1. The van der Waals surface area contributed by atoms with Crippen molar-refractivity contribution in [3.63, 3.8) is 0 Å². The molecular formula is C28H38O6S. The summed E-state index contributed by atoms with van der Waals surface area (Å²) < 4.78 is 5.97.